The summed E-state index contributed by atoms with van der Waals surface area (Å²) in [5.41, 5.74) is 0.0504. The maximum Gasteiger partial charge on any atom is 0.325 e. The summed E-state index contributed by atoms with van der Waals surface area (Å²) in [4.78, 5) is 52.4. The Kier molecular flexibility index (Phi) is 6.91. The highest BCUT2D eigenvalue weighted by Crippen LogP contribution is 2.65. The highest BCUT2D eigenvalue weighted by atomic mass is 35.5. The Balaban J connectivity index is 1.30. The number of anilines is 1. The average Bonchev–Trinajstić information content (AvgIpc) is 3.06. The summed E-state index contributed by atoms with van der Waals surface area (Å²) in [6.45, 7) is -0.462. The first-order chi connectivity index (χ1) is 17.4. The van der Waals surface area contributed by atoms with Gasteiger partial charge in [-0.3, -0.25) is 19.3 Å². The van der Waals surface area contributed by atoms with Gasteiger partial charge in [0.05, 0.1) is 17.5 Å². The second-order valence-corrected chi connectivity index (χ2v) is 12.3. The van der Waals surface area contributed by atoms with E-state index in [-0.39, 0.29) is 16.3 Å². The lowest BCUT2D eigenvalue weighted by atomic mass is 9.98. The SMILES string of the molecule is O=C(CN1C(=O)NC2(CCCC2)C1=O)c1cc(NC(=O)C2C(c3cc(Cl)cc(Cl)c3)C2(Cl)Cl)ccc1Cl. The fraction of sp³-hybridized carbons (Fsp3) is 0.360. The van der Waals surface area contributed by atoms with Crippen molar-refractivity contribution in [1.82, 2.24) is 10.2 Å². The Morgan fingerprint density at radius 1 is 1.00 bits per heavy atom. The van der Waals surface area contributed by atoms with Gasteiger partial charge in [-0.1, -0.05) is 47.6 Å². The minimum Gasteiger partial charge on any atom is -0.326 e. The Morgan fingerprint density at radius 3 is 2.30 bits per heavy atom. The largest absolute Gasteiger partial charge is 0.326 e. The summed E-state index contributed by atoms with van der Waals surface area (Å²) in [7, 11) is 0. The molecule has 194 valence electrons. The number of hydrogen-bond acceptors (Lipinski definition) is 4. The number of carbonyl (C=O) groups excluding carboxylic acids is 4. The molecule has 0 radical (unpaired) electrons. The van der Waals surface area contributed by atoms with Gasteiger partial charge in [0.25, 0.3) is 5.91 Å². The maximum absolute atomic E-state index is 13.1. The fourth-order valence-electron chi connectivity index (χ4n) is 5.23. The van der Waals surface area contributed by atoms with Crippen molar-refractivity contribution in [2.24, 2.45) is 5.92 Å². The molecule has 3 aliphatic rings. The minimum absolute atomic E-state index is 0.0596. The second kappa shape index (κ2) is 9.62. The number of imide groups is 1. The van der Waals surface area contributed by atoms with Crippen LogP contribution in [0, 0.1) is 5.92 Å². The van der Waals surface area contributed by atoms with E-state index in [1.807, 2.05) is 0 Å². The van der Waals surface area contributed by atoms with E-state index in [9.17, 15) is 19.2 Å². The number of nitrogens with one attached hydrogen (secondary N) is 2. The molecule has 1 heterocycles. The quantitative estimate of drug-likeness (QED) is 0.233. The molecular weight excluding hydrogens is 584 g/mol. The summed E-state index contributed by atoms with van der Waals surface area (Å²) >= 11 is 31.3. The third kappa shape index (κ3) is 4.81. The number of urea groups is 1. The lowest BCUT2D eigenvalue weighted by Crippen LogP contribution is -2.44. The zero-order valence-corrected chi connectivity index (χ0v) is 22.9. The normalized spacial score (nSPS) is 23.3. The van der Waals surface area contributed by atoms with Gasteiger partial charge in [-0.15, -0.1) is 23.2 Å². The average molecular weight is 604 g/mol. The van der Waals surface area contributed by atoms with Crippen LogP contribution in [0.4, 0.5) is 10.5 Å². The van der Waals surface area contributed by atoms with E-state index in [1.54, 1.807) is 18.2 Å². The molecule has 2 unspecified atom stereocenters. The highest BCUT2D eigenvalue weighted by Gasteiger charge is 2.67. The van der Waals surface area contributed by atoms with Crippen LogP contribution in [0.15, 0.2) is 36.4 Å². The van der Waals surface area contributed by atoms with Crippen LogP contribution in [-0.4, -0.2) is 44.9 Å². The molecular formula is C25H20Cl5N3O4. The number of amides is 4. The number of Topliss-reactive ketones (excluding diaryl/α,β-unsaturated/α-hetero) is 1. The van der Waals surface area contributed by atoms with E-state index in [4.69, 9.17) is 58.0 Å². The van der Waals surface area contributed by atoms with Crippen molar-refractivity contribution in [3.63, 3.8) is 0 Å². The van der Waals surface area contributed by atoms with E-state index < -0.39 is 51.9 Å². The molecule has 2 saturated carbocycles. The highest BCUT2D eigenvalue weighted by molar-refractivity contribution is 6.53. The summed E-state index contributed by atoms with van der Waals surface area (Å²) in [6.07, 6.45) is 2.77. The lowest BCUT2D eigenvalue weighted by molar-refractivity contribution is -0.130. The minimum atomic E-state index is -1.37. The molecule has 0 aromatic heterocycles. The van der Waals surface area contributed by atoms with Crippen molar-refractivity contribution in [3.05, 3.63) is 62.6 Å². The predicted octanol–water partition coefficient (Wildman–Crippen LogP) is 6.22. The first-order valence-corrected chi connectivity index (χ1v) is 13.4. The number of ketones is 1. The Hall–Kier alpha value is -2.03. The van der Waals surface area contributed by atoms with Crippen LogP contribution in [-0.2, 0) is 9.59 Å². The lowest BCUT2D eigenvalue weighted by Gasteiger charge is -2.19. The number of alkyl halides is 2. The van der Waals surface area contributed by atoms with Crippen LogP contribution in [0.2, 0.25) is 15.1 Å². The summed E-state index contributed by atoms with van der Waals surface area (Å²) in [5, 5.41) is 6.36. The molecule has 1 spiro atoms. The van der Waals surface area contributed by atoms with Gasteiger partial charge in [0, 0.05) is 27.2 Å². The van der Waals surface area contributed by atoms with Crippen LogP contribution in [0.5, 0.6) is 0 Å². The van der Waals surface area contributed by atoms with Crippen LogP contribution in [0.1, 0.15) is 47.5 Å². The number of carbonyl (C=O) groups is 4. The summed E-state index contributed by atoms with van der Waals surface area (Å²) < 4.78 is -1.37. The first-order valence-electron chi connectivity index (χ1n) is 11.5. The second-order valence-electron chi connectivity index (χ2n) is 9.55. The van der Waals surface area contributed by atoms with E-state index in [0.29, 0.717) is 28.5 Å². The summed E-state index contributed by atoms with van der Waals surface area (Å²) in [5.74, 6) is -2.74. The number of halogens is 5. The fourth-order valence-corrected chi connectivity index (χ4v) is 6.82. The van der Waals surface area contributed by atoms with Crippen LogP contribution in [0.3, 0.4) is 0 Å². The molecule has 2 aliphatic carbocycles. The molecule has 7 nitrogen and oxygen atoms in total. The standard InChI is InChI=1S/C25H20Cl5N3O4/c26-13-7-12(8-14(27)9-13)19-20(25(19,29)30)21(35)31-15-3-4-17(28)16(10-15)18(34)11-33-22(36)24(32-23(33)37)5-1-2-6-24/h3-4,7-10,19-20H,1-2,5-6,11H2,(H,31,35)(H,32,37). The van der Waals surface area contributed by atoms with E-state index >= 15 is 0 Å². The molecule has 0 bridgehead atoms. The van der Waals surface area contributed by atoms with Crippen LogP contribution >= 0.6 is 58.0 Å². The zero-order valence-electron chi connectivity index (χ0n) is 19.1. The number of benzene rings is 2. The van der Waals surface area contributed by atoms with Gasteiger partial charge < -0.3 is 10.6 Å². The Labute approximate surface area is 237 Å². The smallest absolute Gasteiger partial charge is 0.325 e. The van der Waals surface area contributed by atoms with Crippen molar-refractivity contribution in [1.29, 1.82) is 0 Å². The topological polar surface area (TPSA) is 95.6 Å². The number of rotatable bonds is 6. The number of hydrogen-bond donors (Lipinski definition) is 2. The van der Waals surface area contributed by atoms with Gasteiger partial charge in [0.1, 0.15) is 9.87 Å². The van der Waals surface area contributed by atoms with Gasteiger partial charge in [0.15, 0.2) is 5.78 Å². The van der Waals surface area contributed by atoms with Crippen molar-refractivity contribution >= 4 is 87.3 Å². The first kappa shape index (κ1) is 26.6. The molecule has 1 saturated heterocycles. The van der Waals surface area contributed by atoms with Gasteiger partial charge in [0.2, 0.25) is 5.91 Å². The van der Waals surface area contributed by atoms with Crippen molar-refractivity contribution in [2.75, 3.05) is 11.9 Å². The molecule has 4 amide bonds. The third-order valence-corrected chi connectivity index (χ3v) is 8.83. The molecule has 2 aromatic carbocycles. The van der Waals surface area contributed by atoms with Crippen molar-refractivity contribution in [3.8, 4) is 0 Å². The molecule has 5 rings (SSSR count). The van der Waals surface area contributed by atoms with Crippen molar-refractivity contribution in [2.45, 2.75) is 41.5 Å². The molecule has 1 aliphatic heterocycles. The predicted molar refractivity (Wildman–Crippen MR) is 143 cm³/mol. The maximum atomic E-state index is 13.1. The van der Waals surface area contributed by atoms with Gasteiger partial charge in [-0.25, -0.2) is 4.79 Å². The Morgan fingerprint density at radius 2 is 1.65 bits per heavy atom. The van der Waals surface area contributed by atoms with E-state index in [2.05, 4.69) is 10.6 Å². The molecule has 3 fully saturated rings. The van der Waals surface area contributed by atoms with E-state index in [1.165, 1.54) is 18.2 Å². The Bertz CT molecular complexity index is 1320. The molecule has 12 heteroatoms. The molecule has 2 aromatic rings. The van der Waals surface area contributed by atoms with Crippen molar-refractivity contribution < 1.29 is 19.2 Å². The van der Waals surface area contributed by atoms with Gasteiger partial charge >= 0.3 is 6.03 Å². The third-order valence-electron chi connectivity index (χ3n) is 7.12. The molecule has 2 atom stereocenters. The van der Waals surface area contributed by atoms with E-state index in [0.717, 1.165) is 17.7 Å². The molecule has 2 N–H and O–H groups in total. The van der Waals surface area contributed by atoms with Crippen LogP contribution < -0.4 is 10.6 Å². The zero-order chi connectivity index (χ0) is 26.7. The van der Waals surface area contributed by atoms with Crippen LogP contribution in [0.25, 0.3) is 0 Å². The van der Waals surface area contributed by atoms with Gasteiger partial charge in [-0.05, 0) is 54.8 Å². The monoisotopic (exact) mass is 601 g/mol. The molecule has 37 heavy (non-hydrogen) atoms. The summed E-state index contributed by atoms with van der Waals surface area (Å²) in [6, 6.07) is 8.63. The van der Waals surface area contributed by atoms with Gasteiger partial charge in [-0.2, -0.15) is 0 Å². The number of nitrogens with zero attached hydrogens (tertiary/aromatic N) is 1.